The van der Waals surface area contributed by atoms with Gasteiger partial charge in [0.2, 0.25) is 15.9 Å². The Morgan fingerprint density at radius 2 is 1.93 bits per heavy atom. The number of carbonyl (C=O) groups is 1. The Labute approximate surface area is 165 Å². The number of nitrogens with one attached hydrogen (secondary N) is 2. The van der Waals surface area contributed by atoms with Crippen molar-refractivity contribution in [2.24, 2.45) is 16.8 Å². The Kier molecular flexibility index (Phi) is 6.44. The predicted octanol–water partition coefficient (Wildman–Crippen LogP) is 1.98. The van der Waals surface area contributed by atoms with Gasteiger partial charge in [-0.15, -0.1) is 0 Å². The zero-order chi connectivity index (χ0) is 19.4. The largest absolute Gasteiger partial charge is 0.363 e. The molecule has 148 valence electrons. The number of anilines is 1. The number of thioether (sulfide) groups is 1. The van der Waals surface area contributed by atoms with Crippen molar-refractivity contribution in [3.63, 3.8) is 0 Å². The number of piperidine rings is 1. The first kappa shape index (κ1) is 20.2. The van der Waals surface area contributed by atoms with Gasteiger partial charge in [0.25, 0.3) is 0 Å². The van der Waals surface area contributed by atoms with E-state index in [-0.39, 0.29) is 16.6 Å². The van der Waals surface area contributed by atoms with E-state index >= 15 is 0 Å². The van der Waals surface area contributed by atoms with Gasteiger partial charge in [-0.1, -0.05) is 25.6 Å². The number of carbonyl (C=O) groups excluding carboxylic acids is 1. The minimum absolute atomic E-state index is 0.148. The molecule has 0 saturated carbocycles. The van der Waals surface area contributed by atoms with Gasteiger partial charge in [-0.3, -0.25) is 9.79 Å². The van der Waals surface area contributed by atoms with E-state index in [1.54, 1.807) is 28.6 Å². The van der Waals surface area contributed by atoms with Gasteiger partial charge in [-0.05, 0) is 42.5 Å². The van der Waals surface area contributed by atoms with Crippen LogP contribution in [0.4, 0.5) is 5.69 Å². The average molecular weight is 411 g/mol. The van der Waals surface area contributed by atoms with E-state index in [0.29, 0.717) is 30.6 Å². The molecule has 1 amide bonds. The Morgan fingerprint density at radius 3 is 2.52 bits per heavy atom. The minimum atomic E-state index is -3.50. The van der Waals surface area contributed by atoms with Crippen LogP contribution in [0.2, 0.25) is 0 Å². The van der Waals surface area contributed by atoms with E-state index in [1.807, 2.05) is 0 Å². The second-order valence-electron chi connectivity index (χ2n) is 7.24. The van der Waals surface area contributed by atoms with Crippen LogP contribution < -0.4 is 10.6 Å². The summed E-state index contributed by atoms with van der Waals surface area (Å²) in [5.74, 6) is 0.831. The van der Waals surface area contributed by atoms with Gasteiger partial charge < -0.3 is 10.6 Å². The highest BCUT2D eigenvalue weighted by Crippen LogP contribution is 2.27. The van der Waals surface area contributed by atoms with Gasteiger partial charge in [0.1, 0.15) is 0 Å². The molecule has 2 N–H and O–H groups in total. The lowest BCUT2D eigenvalue weighted by molar-refractivity contribution is -0.113. The molecule has 0 radical (unpaired) electrons. The number of rotatable bonds is 5. The van der Waals surface area contributed by atoms with Crippen LogP contribution in [0.3, 0.4) is 0 Å². The highest BCUT2D eigenvalue weighted by Gasteiger charge is 2.31. The summed E-state index contributed by atoms with van der Waals surface area (Å²) in [7, 11) is -3.50. The summed E-state index contributed by atoms with van der Waals surface area (Å²) >= 11 is 1.36. The predicted molar refractivity (Wildman–Crippen MR) is 110 cm³/mol. The first-order chi connectivity index (χ1) is 12.8. The fourth-order valence-corrected chi connectivity index (χ4v) is 5.87. The van der Waals surface area contributed by atoms with E-state index in [4.69, 9.17) is 0 Å². The van der Waals surface area contributed by atoms with Crippen molar-refractivity contribution in [1.29, 1.82) is 0 Å². The molecule has 0 bridgehead atoms. The van der Waals surface area contributed by atoms with Crippen LogP contribution in [0.5, 0.6) is 0 Å². The van der Waals surface area contributed by atoms with E-state index in [1.165, 1.54) is 11.8 Å². The third kappa shape index (κ3) is 5.24. The molecule has 0 aromatic heterocycles. The zero-order valence-electron chi connectivity index (χ0n) is 15.6. The summed E-state index contributed by atoms with van der Waals surface area (Å²) < 4.78 is 27.3. The van der Waals surface area contributed by atoms with Crippen molar-refractivity contribution in [2.75, 3.05) is 37.2 Å². The third-order valence-electron chi connectivity index (χ3n) is 4.59. The summed E-state index contributed by atoms with van der Waals surface area (Å²) in [4.78, 5) is 16.5. The summed E-state index contributed by atoms with van der Waals surface area (Å²) in [5, 5.41) is 6.67. The number of sulfonamides is 1. The Hall–Kier alpha value is -1.58. The number of hydrogen-bond donors (Lipinski definition) is 2. The topological polar surface area (TPSA) is 90.9 Å². The lowest BCUT2D eigenvalue weighted by Crippen LogP contribution is -2.42. The maximum absolute atomic E-state index is 12.9. The molecule has 27 heavy (non-hydrogen) atoms. The SMILES string of the molecule is CC1CC(C)CN(S(=O)(=O)c2ccc(NC(=O)CSC3=NCCN3)cc2)C1. The zero-order valence-corrected chi connectivity index (χ0v) is 17.3. The molecule has 2 aliphatic rings. The molecule has 0 aliphatic carbocycles. The standard InChI is InChI=1S/C18H26N4O3S2/c1-13-9-14(2)11-22(10-13)27(24,25)16-5-3-15(4-6-16)21-17(23)12-26-18-19-7-8-20-18/h3-6,13-14H,7-12H2,1-2H3,(H,19,20)(H,21,23). The smallest absolute Gasteiger partial charge is 0.243 e. The molecule has 2 aliphatic heterocycles. The Morgan fingerprint density at radius 1 is 1.26 bits per heavy atom. The van der Waals surface area contributed by atoms with Crippen LogP contribution in [0, 0.1) is 11.8 Å². The molecule has 2 heterocycles. The average Bonchev–Trinajstić information content (AvgIpc) is 3.13. The number of nitrogens with zero attached hydrogens (tertiary/aromatic N) is 2. The first-order valence-electron chi connectivity index (χ1n) is 9.16. The van der Waals surface area contributed by atoms with E-state index < -0.39 is 10.0 Å². The van der Waals surface area contributed by atoms with Crippen LogP contribution in [-0.4, -0.2) is 55.7 Å². The maximum atomic E-state index is 12.9. The molecule has 7 nitrogen and oxygen atoms in total. The molecule has 1 saturated heterocycles. The number of amides is 1. The van der Waals surface area contributed by atoms with Crippen LogP contribution in [-0.2, 0) is 14.8 Å². The fraction of sp³-hybridized carbons (Fsp3) is 0.556. The minimum Gasteiger partial charge on any atom is -0.363 e. The van der Waals surface area contributed by atoms with E-state index in [2.05, 4.69) is 29.5 Å². The van der Waals surface area contributed by atoms with Crippen molar-refractivity contribution in [2.45, 2.75) is 25.2 Å². The molecule has 0 spiro atoms. The molecule has 1 fully saturated rings. The lowest BCUT2D eigenvalue weighted by atomic mass is 9.94. The quantitative estimate of drug-likeness (QED) is 0.775. The van der Waals surface area contributed by atoms with Crippen LogP contribution in [0.25, 0.3) is 0 Å². The van der Waals surface area contributed by atoms with E-state index in [9.17, 15) is 13.2 Å². The molecular formula is C18H26N4O3S2. The van der Waals surface area contributed by atoms with Crippen molar-refractivity contribution in [3.8, 4) is 0 Å². The van der Waals surface area contributed by atoms with Gasteiger partial charge in [-0.25, -0.2) is 8.42 Å². The molecule has 1 aromatic rings. The van der Waals surface area contributed by atoms with Gasteiger partial charge in [0.15, 0.2) is 5.17 Å². The Balaban J connectivity index is 1.59. The van der Waals surface area contributed by atoms with Crippen molar-refractivity contribution < 1.29 is 13.2 Å². The fourth-order valence-electron chi connectivity index (χ4n) is 3.47. The third-order valence-corrected chi connectivity index (χ3v) is 7.39. The van der Waals surface area contributed by atoms with E-state index in [0.717, 1.165) is 24.7 Å². The summed E-state index contributed by atoms with van der Waals surface area (Å²) in [6, 6.07) is 6.39. The molecule has 9 heteroatoms. The second kappa shape index (κ2) is 8.62. The maximum Gasteiger partial charge on any atom is 0.243 e. The first-order valence-corrected chi connectivity index (χ1v) is 11.6. The van der Waals surface area contributed by atoms with Crippen molar-refractivity contribution >= 4 is 38.5 Å². The summed E-state index contributed by atoms with van der Waals surface area (Å²) in [5.41, 5.74) is 0.584. The number of hydrogen-bond acceptors (Lipinski definition) is 6. The van der Waals surface area contributed by atoms with Gasteiger partial charge in [0.05, 0.1) is 17.2 Å². The second-order valence-corrected chi connectivity index (χ2v) is 10.1. The van der Waals surface area contributed by atoms with Crippen LogP contribution in [0.15, 0.2) is 34.2 Å². The Bertz CT molecular complexity index is 798. The molecule has 2 unspecified atom stereocenters. The van der Waals surface area contributed by atoms with Crippen molar-refractivity contribution in [1.82, 2.24) is 9.62 Å². The molecule has 2 atom stereocenters. The highest BCUT2D eigenvalue weighted by atomic mass is 32.2. The highest BCUT2D eigenvalue weighted by molar-refractivity contribution is 8.14. The number of amidine groups is 1. The molecule has 3 rings (SSSR count). The molecular weight excluding hydrogens is 384 g/mol. The number of benzene rings is 1. The summed E-state index contributed by atoms with van der Waals surface area (Å²) in [6.07, 6.45) is 1.05. The van der Waals surface area contributed by atoms with Gasteiger partial charge in [-0.2, -0.15) is 4.31 Å². The monoisotopic (exact) mass is 410 g/mol. The normalized spacial score (nSPS) is 23.6. The van der Waals surface area contributed by atoms with Crippen LogP contribution >= 0.6 is 11.8 Å². The number of aliphatic imine (C=N–C) groups is 1. The van der Waals surface area contributed by atoms with Gasteiger partial charge in [0, 0.05) is 25.3 Å². The lowest BCUT2D eigenvalue weighted by Gasteiger charge is -2.34. The summed E-state index contributed by atoms with van der Waals surface area (Å²) in [6.45, 7) is 6.84. The van der Waals surface area contributed by atoms with Crippen LogP contribution in [0.1, 0.15) is 20.3 Å². The van der Waals surface area contributed by atoms with Crippen molar-refractivity contribution in [3.05, 3.63) is 24.3 Å². The molecule has 1 aromatic carbocycles. The van der Waals surface area contributed by atoms with Gasteiger partial charge >= 0.3 is 0 Å².